The van der Waals surface area contributed by atoms with Gasteiger partial charge in [-0.1, -0.05) is 0 Å². The van der Waals surface area contributed by atoms with E-state index in [1.54, 1.807) is 13.8 Å². The van der Waals surface area contributed by atoms with Crippen LogP contribution in [0.4, 0.5) is 0 Å². The quantitative estimate of drug-likeness (QED) is 0.176. The predicted octanol–water partition coefficient (Wildman–Crippen LogP) is -0.971. The van der Waals surface area contributed by atoms with E-state index in [1.807, 2.05) is 13.8 Å². The molecule has 31 heavy (non-hydrogen) atoms. The van der Waals surface area contributed by atoms with Gasteiger partial charge >= 0.3 is 7.82 Å². The molecule has 1 aliphatic carbocycles. The molecule has 0 spiro atoms. The fraction of sp³-hybridized carbons (Fsp3) is 0.944. The summed E-state index contributed by atoms with van der Waals surface area (Å²) in [5.41, 5.74) is -1.16. The zero-order valence-corrected chi connectivity index (χ0v) is 19.4. The first kappa shape index (κ1) is 26.9. The van der Waals surface area contributed by atoms with Crippen molar-refractivity contribution < 1.29 is 53.2 Å². The van der Waals surface area contributed by atoms with Gasteiger partial charge in [0.1, 0.15) is 0 Å². The third-order valence-corrected chi connectivity index (χ3v) is 6.36. The maximum Gasteiger partial charge on any atom is 0.469 e. The van der Waals surface area contributed by atoms with Gasteiger partial charge < -0.3 is 44.1 Å². The summed E-state index contributed by atoms with van der Waals surface area (Å²) in [6, 6.07) is 0. The van der Waals surface area contributed by atoms with Crippen molar-refractivity contribution in [3.8, 4) is 0 Å². The molecule has 0 aromatic heterocycles. The monoisotopic (exact) mass is 468 g/mol. The lowest BCUT2D eigenvalue weighted by molar-refractivity contribution is -0.451. The Bertz CT molecular complexity index is 696. The van der Waals surface area contributed by atoms with Crippen molar-refractivity contribution in [2.24, 2.45) is 11.8 Å². The molecule has 1 heterocycles. The number of carbonyl (C=O) groups is 1. The third-order valence-electron chi connectivity index (χ3n) is 5.87. The van der Waals surface area contributed by atoms with Crippen LogP contribution in [0.25, 0.3) is 0 Å². The summed E-state index contributed by atoms with van der Waals surface area (Å²) in [6.07, 6.45) is -2.50. The SMILES string of the molecule is BC(=O)CCC(C)(C)OCCC(C)(C)OC1OC2(O)C(COP(=O)(O)O)C(O)C(O)C12. The zero-order chi connectivity index (χ0) is 23.8. The van der Waals surface area contributed by atoms with E-state index in [4.69, 9.17) is 24.0 Å². The number of phosphoric ester groups is 1. The number of carbonyl (C=O) groups excluding carboxylic acids is 1. The Hall–Kier alpha value is -0.395. The Morgan fingerprint density at radius 1 is 1.13 bits per heavy atom. The average molecular weight is 468 g/mol. The molecule has 1 saturated carbocycles. The fourth-order valence-corrected chi connectivity index (χ4v) is 4.24. The van der Waals surface area contributed by atoms with E-state index < -0.39 is 61.8 Å². The van der Waals surface area contributed by atoms with Gasteiger partial charge in [0.05, 0.1) is 54.1 Å². The standard InChI is InChI=1S/C18H34BO11P/c1-16(2,6-5-11(19)20)27-8-7-17(3,4)29-15-12-14(22)13(21)10(18(12,23)30-15)9-28-31(24,25)26/h10,12-15,21-23H,5-9,19H2,1-4H3,(H2,24,25,26). The summed E-state index contributed by atoms with van der Waals surface area (Å²) in [5.74, 6) is -4.30. The summed E-state index contributed by atoms with van der Waals surface area (Å²) in [4.78, 5) is 28.9. The maximum atomic E-state index is 11.2. The van der Waals surface area contributed by atoms with Crippen LogP contribution in [0.5, 0.6) is 0 Å². The normalized spacial score (nSPS) is 33.8. The van der Waals surface area contributed by atoms with Crippen LogP contribution in [0.2, 0.25) is 0 Å². The van der Waals surface area contributed by atoms with E-state index in [0.29, 0.717) is 25.9 Å². The Morgan fingerprint density at radius 2 is 1.74 bits per heavy atom. The lowest BCUT2D eigenvalue weighted by atomic mass is 9.89. The van der Waals surface area contributed by atoms with Crippen LogP contribution in [0.15, 0.2) is 0 Å². The first-order chi connectivity index (χ1) is 14.0. The Morgan fingerprint density at radius 3 is 2.29 bits per heavy atom. The molecule has 13 heteroatoms. The number of phosphoric acid groups is 1. The van der Waals surface area contributed by atoms with Crippen LogP contribution < -0.4 is 0 Å². The van der Waals surface area contributed by atoms with Gasteiger partial charge in [-0.15, -0.1) is 0 Å². The number of aliphatic hydroxyl groups excluding tert-OH is 2. The van der Waals surface area contributed by atoms with E-state index in [9.17, 15) is 24.7 Å². The molecule has 1 saturated heterocycles. The minimum absolute atomic E-state index is 0.0942. The topological polar surface area (TPSA) is 172 Å². The van der Waals surface area contributed by atoms with E-state index in [-0.39, 0.29) is 5.68 Å². The summed E-state index contributed by atoms with van der Waals surface area (Å²) in [7, 11) is -3.29. The lowest BCUT2D eigenvalue weighted by Crippen LogP contribution is -2.65. The summed E-state index contributed by atoms with van der Waals surface area (Å²) in [6.45, 7) is 7.00. The molecule has 5 N–H and O–H groups in total. The van der Waals surface area contributed by atoms with Crippen molar-refractivity contribution in [2.45, 2.75) is 82.4 Å². The van der Waals surface area contributed by atoms with E-state index in [0.717, 1.165) is 0 Å². The van der Waals surface area contributed by atoms with Gasteiger partial charge in [0.2, 0.25) is 0 Å². The molecule has 2 rings (SSSR count). The summed E-state index contributed by atoms with van der Waals surface area (Å²) in [5, 5.41) is 31.2. The molecule has 0 aromatic rings. The number of fused-ring (bicyclic) bond motifs is 1. The molecule has 6 unspecified atom stereocenters. The molecule has 2 aliphatic rings. The highest BCUT2D eigenvalue weighted by Gasteiger charge is 2.71. The van der Waals surface area contributed by atoms with Gasteiger partial charge in [-0.3, -0.25) is 4.52 Å². The molecule has 0 bridgehead atoms. The number of rotatable bonds is 12. The highest BCUT2D eigenvalue weighted by molar-refractivity contribution is 7.46. The van der Waals surface area contributed by atoms with Crippen LogP contribution in [0, 0.1) is 11.8 Å². The van der Waals surface area contributed by atoms with Gasteiger partial charge in [0.15, 0.2) is 19.9 Å². The van der Waals surface area contributed by atoms with Gasteiger partial charge in [-0.2, -0.15) is 0 Å². The molecular formula is C18H34BO11P. The maximum absolute atomic E-state index is 11.2. The number of hydrogen-bond donors (Lipinski definition) is 5. The molecule has 0 radical (unpaired) electrons. The van der Waals surface area contributed by atoms with Crippen molar-refractivity contribution in [3.63, 3.8) is 0 Å². The first-order valence-corrected chi connectivity index (χ1v) is 11.8. The second kappa shape index (κ2) is 9.46. The van der Waals surface area contributed by atoms with Crippen molar-refractivity contribution in [3.05, 3.63) is 0 Å². The van der Waals surface area contributed by atoms with Crippen molar-refractivity contribution >= 4 is 21.4 Å². The van der Waals surface area contributed by atoms with Crippen LogP contribution in [0.3, 0.4) is 0 Å². The lowest BCUT2D eigenvalue weighted by Gasteiger charge is -2.51. The Balaban J connectivity index is 1.90. The number of aliphatic hydroxyl groups is 3. The molecule has 1 aliphatic heterocycles. The minimum Gasteiger partial charge on any atom is -0.390 e. The highest BCUT2D eigenvalue weighted by atomic mass is 31.2. The zero-order valence-electron chi connectivity index (χ0n) is 18.6. The largest absolute Gasteiger partial charge is 0.469 e. The van der Waals surface area contributed by atoms with Crippen LogP contribution in [-0.2, 0) is 28.1 Å². The second-order valence-electron chi connectivity index (χ2n) is 9.58. The average Bonchev–Trinajstić information content (AvgIpc) is 2.71. The highest BCUT2D eigenvalue weighted by Crippen LogP contribution is 2.55. The van der Waals surface area contributed by atoms with Crippen molar-refractivity contribution in [1.29, 1.82) is 0 Å². The van der Waals surface area contributed by atoms with Gasteiger partial charge in [-0.25, -0.2) is 4.57 Å². The van der Waals surface area contributed by atoms with E-state index >= 15 is 0 Å². The smallest absolute Gasteiger partial charge is 0.390 e. The van der Waals surface area contributed by atoms with E-state index in [2.05, 4.69) is 4.52 Å². The molecule has 11 nitrogen and oxygen atoms in total. The van der Waals surface area contributed by atoms with Crippen LogP contribution in [-0.4, -0.2) is 87.3 Å². The Kier molecular flexibility index (Phi) is 8.19. The molecule has 2 fully saturated rings. The van der Waals surface area contributed by atoms with Gasteiger partial charge in [0.25, 0.3) is 0 Å². The van der Waals surface area contributed by atoms with Gasteiger partial charge in [0, 0.05) is 0 Å². The van der Waals surface area contributed by atoms with Gasteiger partial charge in [-0.05, 0) is 47.0 Å². The van der Waals surface area contributed by atoms with Crippen LogP contribution >= 0.6 is 7.82 Å². The summed E-state index contributed by atoms with van der Waals surface area (Å²) >= 11 is 0. The third kappa shape index (κ3) is 6.80. The van der Waals surface area contributed by atoms with Crippen molar-refractivity contribution in [2.75, 3.05) is 13.2 Å². The Labute approximate surface area is 182 Å². The molecule has 180 valence electrons. The summed E-state index contributed by atoms with van der Waals surface area (Å²) < 4.78 is 32.5. The number of ether oxygens (including phenoxy) is 3. The fourth-order valence-electron chi connectivity index (χ4n) is 3.88. The molecule has 6 atom stereocenters. The molecule has 0 aromatic carbocycles. The number of hydrogen-bond acceptors (Lipinski definition) is 9. The minimum atomic E-state index is -4.83. The van der Waals surface area contributed by atoms with Crippen LogP contribution in [0.1, 0.15) is 47.0 Å². The molecular weight excluding hydrogens is 434 g/mol. The predicted molar refractivity (Wildman–Crippen MR) is 109 cm³/mol. The van der Waals surface area contributed by atoms with E-state index in [1.165, 1.54) is 7.85 Å². The van der Waals surface area contributed by atoms with Crippen molar-refractivity contribution in [1.82, 2.24) is 0 Å². The first-order valence-electron chi connectivity index (χ1n) is 10.2. The molecule has 0 amide bonds. The second-order valence-corrected chi connectivity index (χ2v) is 10.8.